The van der Waals surface area contributed by atoms with Crippen LogP contribution in [0.1, 0.15) is 23.7 Å². The van der Waals surface area contributed by atoms with Crippen molar-refractivity contribution in [1.82, 2.24) is 9.78 Å². The maximum Gasteiger partial charge on any atom is 0.422 e. The zero-order valence-corrected chi connectivity index (χ0v) is 21.3. The largest absolute Gasteiger partial charge is 0.618 e. The fraction of sp³-hybridized carbons (Fsp3) is 0.222. The molecule has 0 radical (unpaired) electrons. The highest BCUT2D eigenvalue weighted by Gasteiger charge is 2.34. The second-order valence-electron chi connectivity index (χ2n) is 8.97. The summed E-state index contributed by atoms with van der Waals surface area (Å²) in [5, 5.41) is 20.6. The summed E-state index contributed by atoms with van der Waals surface area (Å²) in [6, 6.07) is 12.9. The molecule has 12 heteroatoms. The van der Waals surface area contributed by atoms with Crippen molar-refractivity contribution in [2.24, 2.45) is 0 Å². The number of carbonyl (C=O) groups is 1. The molecule has 0 saturated heterocycles. The Labute approximate surface area is 226 Å². The standard InChI is InChI=1S/C27H22ClF3N4O4/c1-38-26(36)33-21-6-2-16(3-7-21)19-12-32-34(13-19)23-8-4-17-10-18(14-35(37)25(17)23)22-11-20(28)5-9-24(22)39-15-27(29,30)31/h2-3,5-7,9-14,23H,4,8,15H2,1H3,(H,33,36). The Morgan fingerprint density at radius 3 is 2.67 bits per heavy atom. The van der Waals surface area contributed by atoms with E-state index in [-0.39, 0.29) is 11.8 Å². The van der Waals surface area contributed by atoms with E-state index >= 15 is 0 Å². The van der Waals surface area contributed by atoms with Crippen LogP contribution in [0, 0.1) is 5.21 Å². The third-order valence-corrected chi connectivity index (χ3v) is 6.61. The molecule has 1 atom stereocenters. The molecule has 202 valence electrons. The van der Waals surface area contributed by atoms with E-state index in [1.54, 1.807) is 29.1 Å². The predicted molar refractivity (Wildman–Crippen MR) is 138 cm³/mol. The van der Waals surface area contributed by atoms with E-state index in [1.165, 1.54) is 31.5 Å². The minimum Gasteiger partial charge on any atom is -0.618 e. The molecule has 0 aliphatic heterocycles. The van der Waals surface area contributed by atoms with Crippen molar-refractivity contribution in [3.8, 4) is 28.0 Å². The van der Waals surface area contributed by atoms with E-state index < -0.39 is 18.9 Å². The zero-order chi connectivity index (χ0) is 27.7. The molecule has 0 spiro atoms. The first-order valence-corrected chi connectivity index (χ1v) is 12.2. The second kappa shape index (κ2) is 10.5. The third kappa shape index (κ3) is 5.78. The van der Waals surface area contributed by atoms with Gasteiger partial charge in [-0.15, -0.1) is 0 Å². The van der Waals surface area contributed by atoms with Gasteiger partial charge in [-0.05, 0) is 54.8 Å². The number of alkyl halides is 3. The molecular formula is C27H22ClF3N4O4. The van der Waals surface area contributed by atoms with Gasteiger partial charge in [0.25, 0.3) is 0 Å². The van der Waals surface area contributed by atoms with Gasteiger partial charge in [-0.25, -0.2) is 4.79 Å². The number of fused-ring (bicyclic) bond motifs is 1. The van der Waals surface area contributed by atoms with Gasteiger partial charge in [0.15, 0.2) is 12.8 Å². The number of benzene rings is 2. The fourth-order valence-electron chi connectivity index (χ4n) is 4.62. The van der Waals surface area contributed by atoms with Crippen molar-refractivity contribution in [3.63, 3.8) is 0 Å². The molecule has 1 aliphatic rings. The van der Waals surface area contributed by atoms with E-state index in [0.29, 0.717) is 40.4 Å². The van der Waals surface area contributed by atoms with Gasteiger partial charge >= 0.3 is 12.3 Å². The molecule has 5 rings (SSSR count). The number of aryl methyl sites for hydroxylation is 1. The summed E-state index contributed by atoms with van der Waals surface area (Å²) in [5.74, 6) is -0.0178. The highest BCUT2D eigenvalue weighted by Crippen LogP contribution is 2.38. The number of rotatable bonds is 6. The smallest absolute Gasteiger partial charge is 0.422 e. The number of hydrogen-bond acceptors (Lipinski definition) is 5. The Balaban J connectivity index is 1.40. The van der Waals surface area contributed by atoms with Gasteiger partial charge in [0.05, 0.1) is 18.9 Å². The van der Waals surface area contributed by atoms with Crippen LogP contribution in [0.3, 0.4) is 0 Å². The van der Waals surface area contributed by atoms with Crippen molar-refractivity contribution < 1.29 is 32.2 Å². The minimum absolute atomic E-state index is 0.0178. The first-order chi connectivity index (χ1) is 18.6. The fourth-order valence-corrected chi connectivity index (χ4v) is 4.79. The SMILES string of the molecule is COC(=O)Nc1ccc(-c2cnn(C3CCc4cc(-c5cc(Cl)ccc5OCC(F)(F)F)c[n+]([O-])c43)c2)cc1. The van der Waals surface area contributed by atoms with Crippen molar-refractivity contribution in [2.75, 3.05) is 19.0 Å². The number of aromatic nitrogens is 3. The van der Waals surface area contributed by atoms with Gasteiger partial charge in [0, 0.05) is 33.6 Å². The number of carbonyl (C=O) groups excluding carboxylic acids is 1. The minimum atomic E-state index is -4.51. The number of halogens is 4. The lowest BCUT2D eigenvalue weighted by Gasteiger charge is -2.15. The van der Waals surface area contributed by atoms with Crippen LogP contribution < -0.4 is 14.8 Å². The Bertz CT molecular complexity index is 1520. The van der Waals surface area contributed by atoms with Crippen molar-refractivity contribution in [1.29, 1.82) is 0 Å². The van der Waals surface area contributed by atoms with E-state index in [9.17, 15) is 23.2 Å². The van der Waals surface area contributed by atoms with E-state index in [1.807, 2.05) is 18.3 Å². The molecule has 39 heavy (non-hydrogen) atoms. The van der Waals surface area contributed by atoms with Gasteiger partial charge in [0.2, 0.25) is 5.69 Å². The normalized spacial score (nSPS) is 14.6. The lowest BCUT2D eigenvalue weighted by atomic mass is 10.0. The number of methoxy groups -OCH3 is 1. The summed E-state index contributed by atoms with van der Waals surface area (Å²) >= 11 is 6.11. The Hall–Kier alpha value is -4.25. The van der Waals surface area contributed by atoms with Gasteiger partial charge in [-0.3, -0.25) is 10.00 Å². The summed E-state index contributed by atoms with van der Waals surface area (Å²) < 4.78 is 50.3. The summed E-state index contributed by atoms with van der Waals surface area (Å²) in [7, 11) is 1.29. The first-order valence-electron chi connectivity index (χ1n) is 11.9. The lowest BCUT2D eigenvalue weighted by molar-refractivity contribution is -0.615. The topological polar surface area (TPSA) is 92.3 Å². The van der Waals surface area contributed by atoms with Gasteiger partial charge in [-0.1, -0.05) is 23.7 Å². The lowest BCUT2D eigenvalue weighted by Crippen LogP contribution is -2.34. The molecule has 0 saturated carbocycles. The maximum absolute atomic E-state index is 13.2. The molecule has 1 unspecified atom stereocenters. The zero-order valence-electron chi connectivity index (χ0n) is 20.5. The molecule has 1 N–H and O–H groups in total. The first kappa shape index (κ1) is 26.4. The number of nitrogens with zero attached hydrogens (tertiary/aromatic N) is 3. The van der Waals surface area contributed by atoms with Crippen molar-refractivity contribution >= 4 is 23.4 Å². The number of amides is 1. The van der Waals surface area contributed by atoms with Gasteiger partial charge < -0.3 is 14.7 Å². The molecule has 8 nitrogen and oxygen atoms in total. The summed E-state index contributed by atoms with van der Waals surface area (Å²) in [6.07, 6.45) is 0.989. The number of hydrogen-bond donors (Lipinski definition) is 1. The molecule has 2 aromatic carbocycles. The Morgan fingerprint density at radius 1 is 1.18 bits per heavy atom. The molecule has 0 fully saturated rings. The van der Waals surface area contributed by atoms with E-state index in [2.05, 4.69) is 15.2 Å². The number of anilines is 1. The summed E-state index contributed by atoms with van der Waals surface area (Å²) in [5.41, 5.74) is 4.27. The van der Waals surface area contributed by atoms with Gasteiger partial charge in [0.1, 0.15) is 11.8 Å². The Kier molecular flexibility index (Phi) is 7.09. The van der Waals surface area contributed by atoms with Crippen molar-refractivity contribution in [2.45, 2.75) is 25.1 Å². The monoisotopic (exact) mass is 558 g/mol. The predicted octanol–water partition coefficient (Wildman–Crippen LogP) is 6.16. The molecule has 0 bridgehead atoms. The molecule has 1 aliphatic carbocycles. The highest BCUT2D eigenvalue weighted by atomic mass is 35.5. The molecular weight excluding hydrogens is 537 g/mol. The second-order valence-corrected chi connectivity index (χ2v) is 9.40. The van der Waals surface area contributed by atoms with E-state index in [4.69, 9.17) is 16.3 Å². The number of ether oxygens (including phenoxy) is 2. The highest BCUT2D eigenvalue weighted by molar-refractivity contribution is 6.31. The summed E-state index contributed by atoms with van der Waals surface area (Å²) in [4.78, 5) is 11.4. The molecule has 2 aromatic heterocycles. The number of pyridine rings is 1. The summed E-state index contributed by atoms with van der Waals surface area (Å²) in [6.45, 7) is -1.46. The average molecular weight is 559 g/mol. The van der Waals surface area contributed by atoms with Crippen molar-refractivity contribution in [3.05, 3.63) is 88.6 Å². The van der Waals surface area contributed by atoms with Crippen LogP contribution in [0.25, 0.3) is 22.3 Å². The molecule has 1 amide bonds. The van der Waals surface area contributed by atoms with Crippen LogP contribution in [0.5, 0.6) is 5.75 Å². The number of nitrogens with one attached hydrogen (secondary N) is 1. The average Bonchev–Trinajstić information content (AvgIpc) is 3.55. The van der Waals surface area contributed by atoms with Crippen LogP contribution in [0.4, 0.5) is 23.7 Å². The van der Waals surface area contributed by atoms with Crippen LogP contribution in [-0.2, 0) is 11.2 Å². The van der Waals surface area contributed by atoms with E-state index in [0.717, 1.165) is 21.4 Å². The van der Waals surface area contributed by atoms with Crippen LogP contribution in [0.2, 0.25) is 5.02 Å². The van der Waals surface area contributed by atoms with Crippen LogP contribution in [-0.4, -0.2) is 35.8 Å². The van der Waals surface area contributed by atoms with Gasteiger partial charge in [-0.2, -0.15) is 23.0 Å². The quantitative estimate of drug-likeness (QED) is 0.226. The van der Waals surface area contributed by atoms with Crippen LogP contribution in [0.15, 0.2) is 67.1 Å². The Morgan fingerprint density at radius 2 is 1.95 bits per heavy atom. The molecule has 4 aromatic rings. The molecule has 2 heterocycles. The third-order valence-electron chi connectivity index (χ3n) is 6.37. The maximum atomic E-state index is 13.2. The van der Waals surface area contributed by atoms with Crippen LogP contribution >= 0.6 is 11.6 Å².